The lowest BCUT2D eigenvalue weighted by Gasteiger charge is -2.52. The minimum Gasteiger partial charge on any atom is -0.434 e. The van der Waals surface area contributed by atoms with Crippen molar-refractivity contribution in [1.29, 1.82) is 0 Å². The van der Waals surface area contributed by atoms with E-state index in [1.165, 1.54) is 4.90 Å². The molecular formula is C18H20F3N3O3. The Morgan fingerprint density at radius 1 is 1.41 bits per heavy atom. The predicted molar refractivity (Wildman–Crippen MR) is 89.1 cm³/mol. The van der Waals surface area contributed by atoms with E-state index in [2.05, 4.69) is 14.6 Å². The van der Waals surface area contributed by atoms with Crippen LogP contribution < -0.4 is 0 Å². The van der Waals surface area contributed by atoms with Crippen LogP contribution in [0.15, 0.2) is 18.3 Å². The van der Waals surface area contributed by atoms with Gasteiger partial charge in [0.1, 0.15) is 0 Å². The van der Waals surface area contributed by atoms with Crippen LogP contribution in [0.2, 0.25) is 0 Å². The van der Waals surface area contributed by atoms with Crippen molar-refractivity contribution in [2.24, 2.45) is 5.41 Å². The lowest BCUT2D eigenvalue weighted by Crippen LogP contribution is -2.50. The maximum absolute atomic E-state index is 12.6. The Kier molecular flexibility index (Phi) is 5.29. The highest BCUT2D eigenvalue weighted by Crippen LogP contribution is 2.56. The minimum atomic E-state index is -4.78. The normalized spacial score (nSPS) is 20.6. The molecular weight excluding hydrogens is 363 g/mol. The van der Waals surface area contributed by atoms with Crippen LogP contribution in [-0.2, 0) is 4.74 Å². The topological polar surface area (TPSA) is 67.0 Å². The van der Waals surface area contributed by atoms with Crippen LogP contribution in [0.5, 0.6) is 0 Å². The first-order valence-corrected chi connectivity index (χ1v) is 8.73. The highest BCUT2D eigenvalue weighted by molar-refractivity contribution is 5.68. The fourth-order valence-corrected chi connectivity index (χ4v) is 3.88. The van der Waals surface area contributed by atoms with Crippen LogP contribution in [0.3, 0.4) is 0 Å². The minimum absolute atomic E-state index is 0.0853. The summed E-state index contributed by atoms with van der Waals surface area (Å²) in [6, 6.07) is 3.61. The second-order valence-electron chi connectivity index (χ2n) is 7.24. The molecule has 1 aromatic rings. The molecule has 2 fully saturated rings. The average Bonchev–Trinajstić information content (AvgIpc) is 2.63. The van der Waals surface area contributed by atoms with Crippen LogP contribution in [0.1, 0.15) is 37.3 Å². The van der Waals surface area contributed by atoms with Crippen molar-refractivity contribution < 1.29 is 27.8 Å². The third-order valence-electron chi connectivity index (χ3n) is 5.53. The fraction of sp³-hybridized carbons (Fsp3) is 0.611. The van der Waals surface area contributed by atoms with E-state index in [1.807, 2.05) is 6.07 Å². The lowest BCUT2D eigenvalue weighted by atomic mass is 9.57. The standard InChI is InChI=1S/C18H20F3N3O3/c1-22-13-2-3-14(23-10-13)12-8-17(9-12)4-6-24(7-5-17)16(26)27-15(11-25)18(19,20)21/h2-3,10,12,15,25H,4-9,11H2/t15-/m1/s1. The van der Waals surface area contributed by atoms with Crippen LogP contribution in [0.4, 0.5) is 23.7 Å². The summed E-state index contributed by atoms with van der Waals surface area (Å²) in [5, 5.41) is 8.77. The van der Waals surface area contributed by atoms with Crippen LogP contribution in [0, 0.1) is 12.0 Å². The molecule has 1 spiro atoms. The summed E-state index contributed by atoms with van der Waals surface area (Å²) in [6.07, 6.45) is -3.50. The smallest absolute Gasteiger partial charge is 0.427 e. The van der Waals surface area contributed by atoms with Gasteiger partial charge in [0.05, 0.1) is 13.2 Å². The molecule has 1 aliphatic heterocycles. The molecule has 1 aliphatic carbocycles. The van der Waals surface area contributed by atoms with Crippen molar-refractivity contribution in [3.63, 3.8) is 0 Å². The molecule has 0 aromatic carbocycles. The molecule has 0 unspecified atom stereocenters. The molecule has 0 radical (unpaired) electrons. The summed E-state index contributed by atoms with van der Waals surface area (Å²) in [5.74, 6) is 0.312. The summed E-state index contributed by atoms with van der Waals surface area (Å²) < 4.78 is 42.2. The Hall–Kier alpha value is -2.34. The first-order chi connectivity index (χ1) is 12.8. The van der Waals surface area contributed by atoms with Crippen LogP contribution in [0.25, 0.3) is 4.85 Å². The molecule has 2 aliphatic rings. The highest BCUT2D eigenvalue weighted by atomic mass is 19.4. The van der Waals surface area contributed by atoms with E-state index in [0.717, 1.165) is 18.5 Å². The highest BCUT2D eigenvalue weighted by Gasteiger charge is 2.48. The summed E-state index contributed by atoms with van der Waals surface area (Å²) in [5.41, 5.74) is 1.53. The summed E-state index contributed by atoms with van der Waals surface area (Å²) in [6.45, 7) is 6.34. The predicted octanol–water partition coefficient (Wildman–Crippen LogP) is 3.65. The van der Waals surface area contributed by atoms with Crippen molar-refractivity contribution in [1.82, 2.24) is 9.88 Å². The van der Waals surface area contributed by atoms with Gasteiger partial charge in [-0.2, -0.15) is 13.2 Å². The Morgan fingerprint density at radius 3 is 2.56 bits per heavy atom. The number of halogens is 3. The molecule has 1 aromatic heterocycles. The number of nitrogens with zero attached hydrogens (tertiary/aromatic N) is 3. The van der Waals surface area contributed by atoms with Gasteiger partial charge in [0.25, 0.3) is 0 Å². The van der Waals surface area contributed by atoms with Gasteiger partial charge >= 0.3 is 12.3 Å². The molecule has 1 N–H and O–H groups in total. The molecule has 0 bridgehead atoms. The monoisotopic (exact) mass is 383 g/mol. The number of hydrogen-bond donors (Lipinski definition) is 1. The largest absolute Gasteiger partial charge is 0.434 e. The van der Waals surface area contributed by atoms with Gasteiger partial charge in [-0.1, -0.05) is 12.1 Å². The summed E-state index contributed by atoms with van der Waals surface area (Å²) in [7, 11) is 0. The molecule has 1 amide bonds. The van der Waals surface area contributed by atoms with Gasteiger partial charge in [-0.25, -0.2) is 9.64 Å². The van der Waals surface area contributed by atoms with Crippen molar-refractivity contribution >= 4 is 11.8 Å². The lowest BCUT2D eigenvalue weighted by molar-refractivity contribution is -0.215. The molecule has 1 atom stereocenters. The average molecular weight is 383 g/mol. The molecule has 9 heteroatoms. The first kappa shape index (κ1) is 19.4. The third kappa shape index (κ3) is 4.16. The van der Waals surface area contributed by atoms with Gasteiger partial charge in [0.2, 0.25) is 11.8 Å². The van der Waals surface area contributed by atoms with Gasteiger partial charge < -0.3 is 14.7 Å². The molecule has 1 saturated carbocycles. The number of ether oxygens (including phenoxy) is 1. The number of pyridine rings is 1. The number of alkyl halides is 3. The van der Waals surface area contributed by atoms with E-state index in [-0.39, 0.29) is 5.41 Å². The number of carbonyl (C=O) groups excluding carboxylic acids is 1. The van der Waals surface area contributed by atoms with Crippen LogP contribution in [-0.4, -0.2) is 53.1 Å². The van der Waals surface area contributed by atoms with Gasteiger partial charge in [-0.15, -0.1) is 0 Å². The third-order valence-corrected chi connectivity index (χ3v) is 5.53. The van der Waals surface area contributed by atoms with E-state index in [1.54, 1.807) is 12.3 Å². The Bertz CT molecular complexity index is 714. The number of carbonyl (C=O) groups is 1. The zero-order valence-corrected chi connectivity index (χ0v) is 14.6. The number of rotatable bonds is 3. The number of aromatic nitrogens is 1. The maximum atomic E-state index is 12.6. The van der Waals surface area contributed by atoms with E-state index in [4.69, 9.17) is 11.7 Å². The Labute approximate surface area is 154 Å². The van der Waals surface area contributed by atoms with Crippen molar-refractivity contribution in [3.05, 3.63) is 35.4 Å². The Balaban J connectivity index is 1.49. The zero-order chi connectivity index (χ0) is 19.7. The number of aliphatic hydroxyl groups is 1. The summed E-state index contributed by atoms with van der Waals surface area (Å²) >= 11 is 0. The Morgan fingerprint density at radius 2 is 2.07 bits per heavy atom. The molecule has 27 heavy (non-hydrogen) atoms. The van der Waals surface area contributed by atoms with Crippen molar-refractivity contribution in [2.75, 3.05) is 19.7 Å². The SMILES string of the molecule is [C-]#[N+]c1ccc(C2CC3(CCN(C(=O)O[C@H](CO)C(F)(F)F)CC3)C2)nc1. The molecule has 6 nitrogen and oxygen atoms in total. The molecule has 146 valence electrons. The molecule has 2 heterocycles. The van der Waals surface area contributed by atoms with E-state index < -0.39 is 25.0 Å². The number of likely N-dealkylation sites (tertiary alicyclic amines) is 1. The molecule has 3 rings (SSSR count). The molecule has 1 saturated heterocycles. The van der Waals surface area contributed by atoms with Gasteiger partial charge in [-0.05, 0) is 31.1 Å². The first-order valence-electron chi connectivity index (χ1n) is 8.73. The number of hydrogen-bond acceptors (Lipinski definition) is 4. The van der Waals surface area contributed by atoms with Crippen molar-refractivity contribution in [3.8, 4) is 0 Å². The maximum Gasteiger partial charge on any atom is 0.427 e. The summed E-state index contributed by atoms with van der Waals surface area (Å²) in [4.78, 5) is 20.9. The van der Waals surface area contributed by atoms with Gasteiger partial charge in [0.15, 0.2) is 0 Å². The number of piperidine rings is 1. The van der Waals surface area contributed by atoms with Crippen molar-refractivity contribution in [2.45, 2.75) is 43.9 Å². The second-order valence-corrected chi connectivity index (χ2v) is 7.24. The van der Waals surface area contributed by atoms with E-state index in [0.29, 0.717) is 37.5 Å². The fourth-order valence-electron chi connectivity index (χ4n) is 3.88. The second kappa shape index (κ2) is 7.35. The van der Waals surface area contributed by atoms with E-state index in [9.17, 15) is 18.0 Å². The van der Waals surface area contributed by atoms with E-state index >= 15 is 0 Å². The van der Waals surface area contributed by atoms with Crippen LogP contribution >= 0.6 is 0 Å². The van der Waals surface area contributed by atoms with Gasteiger partial charge in [-0.3, -0.25) is 4.98 Å². The quantitative estimate of drug-likeness (QED) is 0.809. The number of aliphatic hydroxyl groups excluding tert-OH is 1. The zero-order valence-electron chi connectivity index (χ0n) is 14.6. The number of amides is 1. The van der Waals surface area contributed by atoms with Gasteiger partial charge in [0, 0.05) is 30.9 Å².